The highest BCUT2D eigenvalue weighted by Crippen LogP contribution is 2.09. The van der Waals surface area contributed by atoms with E-state index in [-0.39, 0.29) is 0 Å². The first-order valence-corrected chi connectivity index (χ1v) is 3.65. The molecule has 0 amide bonds. The lowest BCUT2D eigenvalue weighted by Gasteiger charge is -1.91. The van der Waals surface area contributed by atoms with Gasteiger partial charge in [-0.2, -0.15) is 5.10 Å². The molecule has 12 heavy (non-hydrogen) atoms. The number of terminal acetylenes is 1. The van der Waals surface area contributed by atoms with Crippen molar-refractivity contribution >= 4 is 17.2 Å². The molecule has 0 N–H and O–H groups in total. The van der Waals surface area contributed by atoms with E-state index in [4.69, 9.17) is 18.0 Å². The third-order valence-electron chi connectivity index (χ3n) is 1.49. The zero-order valence-corrected chi connectivity index (χ0v) is 6.78. The minimum absolute atomic E-state index is 0.416. The van der Waals surface area contributed by atoms with Gasteiger partial charge in [-0.15, -0.1) is 6.42 Å². The van der Waals surface area contributed by atoms with Crippen LogP contribution in [0.2, 0.25) is 5.15 Å². The molecule has 2 aromatic heterocycles. The van der Waals surface area contributed by atoms with E-state index in [1.807, 2.05) is 0 Å². The molecule has 0 aliphatic heterocycles. The molecular formula is C8H4ClN3. The average molecular weight is 178 g/mol. The standard InChI is InChI=1S/C8H4ClN3/c1-2-6-5-10-12-4-3-7(9)11-8(6)12/h1,3-5H. The largest absolute Gasteiger partial charge is 0.221 e. The van der Waals surface area contributed by atoms with Crippen LogP contribution in [0.1, 0.15) is 5.56 Å². The molecule has 0 bridgehead atoms. The summed E-state index contributed by atoms with van der Waals surface area (Å²) in [6.45, 7) is 0. The van der Waals surface area contributed by atoms with Crippen LogP contribution >= 0.6 is 11.6 Å². The zero-order valence-electron chi connectivity index (χ0n) is 6.03. The topological polar surface area (TPSA) is 30.2 Å². The van der Waals surface area contributed by atoms with Crippen LogP contribution in [0.5, 0.6) is 0 Å². The number of rotatable bonds is 0. The van der Waals surface area contributed by atoms with Crippen LogP contribution in [0.4, 0.5) is 0 Å². The van der Waals surface area contributed by atoms with Gasteiger partial charge in [0.15, 0.2) is 5.65 Å². The van der Waals surface area contributed by atoms with Crippen LogP contribution in [-0.4, -0.2) is 14.6 Å². The normalized spacial score (nSPS) is 10.0. The molecule has 0 atom stereocenters. The van der Waals surface area contributed by atoms with Crippen LogP contribution in [0.25, 0.3) is 5.65 Å². The van der Waals surface area contributed by atoms with E-state index in [1.165, 1.54) is 0 Å². The maximum atomic E-state index is 5.68. The van der Waals surface area contributed by atoms with Gasteiger partial charge in [-0.05, 0) is 6.07 Å². The lowest BCUT2D eigenvalue weighted by molar-refractivity contribution is 0.939. The highest BCUT2D eigenvalue weighted by atomic mass is 35.5. The van der Waals surface area contributed by atoms with Gasteiger partial charge in [0.25, 0.3) is 0 Å². The van der Waals surface area contributed by atoms with Gasteiger partial charge in [0.05, 0.1) is 11.8 Å². The van der Waals surface area contributed by atoms with Crippen LogP contribution in [-0.2, 0) is 0 Å². The van der Waals surface area contributed by atoms with Crippen molar-refractivity contribution in [3.05, 3.63) is 29.2 Å². The van der Waals surface area contributed by atoms with Crippen LogP contribution in [0, 0.1) is 12.3 Å². The number of aromatic nitrogens is 3. The lowest BCUT2D eigenvalue weighted by Crippen LogP contribution is -1.89. The van der Waals surface area contributed by atoms with Crippen LogP contribution < -0.4 is 0 Å². The van der Waals surface area contributed by atoms with Crippen molar-refractivity contribution in [1.82, 2.24) is 14.6 Å². The molecule has 0 spiro atoms. The molecule has 0 fully saturated rings. The molecule has 0 aromatic carbocycles. The van der Waals surface area contributed by atoms with E-state index in [2.05, 4.69) is 16.0 Å². The fraction of sp³-hybridized carbons (Fsp3) is 0. The first kappa shape index (κ1) is 7.14. The van der Waals surface area contributed by atoms with Crippen molar-refractivity contribution in [2.24, 2.45) is 0 Å². The van der Waals surface area contributed by atoms with Gasteiger partial charge in [-0.3, -0.25) is 0 Å². The molecule has 0 radical (unpaired) electrons. The van der Waals surface area contributed by atoms with E-state index in [1.54, 1.807) is 23.0 Å². The highest BCUT2D eigenvalue weighted by Gasteiger charge is 2.02. The molecule has 2 aromatic rings. The summed E-state index contributed by atoms with van der Waals surface area (Å²) in [7, 11) is 0. The first-order chi connectivity index (χ1) is 5.81. The van der Waals surface area contributed by atoms with E-state index >= 15 is 0 Å². The van der Waals surface area contributed by atoms with Gasteiger partial charge in [0, 0.05) is 6.20 Å². The van der Waals surface area contributed by atoms with Crippen molar-refractivity contribution in [2.75, 3.05) is 0 Å². The Labute approximate surface area is 74.0 Å². The number of nitrogens with zero attached hydrogens (tertiary/aromatic N) is 3. The number of halogens is 1. The summed E-state index contributed by atoms with van der Waals surface area (Å²) < 4.78 is 1.58. The minimum atomic E-state index is 0.416. The summed E-state index contributed by atoms with van der Waals surface area (Å²) in [5.74, 6) is 2.47. The monoisotopic (exact) mass is 177 g/mol. The quantitative estimate of drug-likeness (QED) is 0.449. The second-order valence-corrected chi connectivity index (χ2v) is 2.61. The Balaban J connectivity index is 2.86. The van der Waals surface area contributed by atoms with Crippen molar-refractivity contribution in [1.29, 1.82) is 0 Å². The summed E-state index contributed by atoms with van der Waals surface area (Å²) >= 11 is 5.68. The molecule has 3 nitrogen and oxygen atoms in total. The van der Waals surface area contributed by atoms with Crippen molar-refractivity contribution < 1.29 is 0 Å². The van der Waals surface area contributed by atoms with Crippen LogP contribution in [0.15, 0.2) is 18.5 Å². The fourth-order valence-electron chi connectivity index (χ4n) is 0.949. The van der Waals surface area contributed by atoms with Gasteiger partial charge < -0.3 is 0 Å². The van der Waals surface area contributed by atoms with E-state index in [0.717, 1.165) is 0 Å². The van der Waals surface area contributed by atoms with Gasteiger partial charge in [0.1, 0.15) is 5.15 Å². The van der Waals surface area contributed by atoms with Crippen molar-refractivity contribution in [3.8, 4) is 12.3 Å². The molecule has 0 saturated carbocycles. The molecule has 4 heteroatoms. The Morgan fingerprint density at radius 3 is 3.17 bits per heavy atom. The number of hydrogen-bond donors (Lipinski definition) is 0. The lowest BCUT2D eigenvalue weighted by atomic mass is 10.3. The smallest absolute Gasteiger partial charge is 0.172 e. The molecule has 0 unspecified atom stereocenters. The van der Waals surface area contributed by atoms with Crippen molar-refractivity contribution in [3.63, 3.8) is 0 Å². The summed E-state index contributed by atoms with van der Waals surface area (Å²) in [5.41, 5.74) is 1.27. The maximum absolute atomic E-state index is 5.68. The Bertz CT molecular complexity index is 467. The molecule has 0 aliphatic carbocycles. The third-order valence-corrected chi connectivity index (χ3v) is 1.70. The molecule has 2 rings (SSSR count). The maximum Gasteiger partial charge on any atom is 0.172 e. The summed E-state index contributed by atoms with van der Waals surface area (Å²) in [4.78, 5) is 4.03. The van der Waals surface area contributed by atoms with Gasteiger partial charge in [-0.25, -0.2) is 9.50 Å². The SMILES string of the molecule is C#Cc1cnn2ccc(Cl)nc12. The fourth-order valence-corrected chi connectivity index (χ4v) is 1.09. The Kier molecular flexibility index (Phi) is 1.49. The predicted octanol–water partition coefficient (Wildman–Crippen LogP) is 1.36. The van der Waals surface area contributed by atoms with E-state index in [9.17, 15) is 0 Å². The average Bonchev–Trinajstić information content (AvgIpc) is 2.46. The number of fused-ring (bicyclic) bond motifs is 1. The summed E-state index contributed by atoms with van der Waals surface area (Å²) in [6.07, 6.45) is 8.52. The molecule has 0 aliphatic rings. The molecule has 58 valence electrons. The predicted molar refractivity (Wildman–Crippen MR) is 45.9 cm³/mol. The Morgan fingerprint density at radius 2 is 2.42 bits per heavy atom. The Morgan fingerprint density at radius 1 is 1.58 bits per heavy atom. The van der Waals surface area contributed by atoms with Gasteiger partial charge in [0.2, 0.25) is 0 Å². The number of hydrogen-bond acceptors (Lipinski definition) is 2. The minimum Gasteiger partial charge on any atom is -0.221 e. The van der Waals surface area contributed by atoms with E-state index < -0.39 is 0 Å². The second kappa shape index (κ2) is 2.50. The Hall–Kier alpha value is -1.53. The van der Waals surface area contributed by atoms with Crippen molar-refractivity contribution in [2.45, 2.75) is 0 Å². The molecule has 0 saturated heterocycles. The molecule has 2 heterocycles. The van der Waals surface area contributed by atoms with Crippen LogP contribution in [0.3, 0.4) is 0 Å². The summed E-state index contributed by atoms with van der Waals surface area (Å²) in [5, 5.41) is 4.40. The second-order valence-electron chi connectivity index (χ2n) is 2.22. The third kappa shape index (κ3) is 0.936. The first-order valence-electron chi connectivity index (χ1n) is 3.28. The highest BCUT2D eigenvalue weighted by molar-refractivity contribution is 6.29. The van der Waals surface area contributed by atoms with Gasteiger partial charge >= 0.3 is 0 Å². The zero-order chi connectivity index (χ0) is 8.55. The molecular weight excluding hydrogens is 174 g/mol. The van der Waals surface area contributed by atoms with E-state index in [0.29, 0.717) is 16.4 Å². The summed E-state index contributed by atoms with van der Waals surface area (Å²) in [6, 6.07) is 1.65. The van der Waals surface area contributed by atoms with Gasteiger partial charge in [-0.1, -0.05) is 17.5 Å².